The van der Waals surface area contributed by atoms with Crippen molar-refractivity contribution >= 4 is 100 Å². The van der Waals surface area contributed by atoms with Gasteiger partial charge >= 0.3 is 0 Å². The molecule has 2 unspecified atom stereocenters. The smallest absolute Gasteiger partial charge is 0.252 e. The van der Waals surface area contributed by atoms with E-state index in [0.29, 0.717) is 0 Å². The van der Waals surface area contributed by atoms with Gasteiger partial charge in [0.2, 0.25) is 0 Å². The van der Waals surface area contributed by atoms with E-state index in [2.05, 4.69) is 256 Å². The van der Waals surface area contributed by atoms with Gasteiger partial charge in [0, 0.05) is 71.0 Å². The van der Waals surface area contributed by atoms with Crippen molar-refractivity contribution < 1.29 is 0 Å². The van der Waals surface area contributed by atoms with Crippen LogP contribution in [-0.4, -0.2) is 12.3 Å². The number of aryl methyl sites for hydroxylation is 1. The molecule has 2 atom stereocenters. The van der Waals surface area contributed by atoms with E-state index >= 15 is 0 Å². The quantitative estimate of drug-likeness (QED) is 0.159. The summed E-state index contributed by atoms with van der Waals surface area (Å²) >= 11 is 1.89. The normalized spacial score (nSPS) is 18.9. The predicted octanol–water partition coefficient (Wildman–Crippen LogP) is 17.7. The molecular formula is C69H70BN3S. The summed E-state index contributed by atoms with van der Waals surface area (Å²) < 4.78 is 2.62. The second-order valence-corrected chi connectivity index (χ2v) is 26.9. The maximum Gasteiger partial charge on any atom is 0.252 e. The first kappa shape index (κ1) is 47.2. The molecule has 9 aromatic rings. The molecule has 1 aliphatic carbocycles. The minimum atomic E-state index is -0.0670. The molecule has 1 aromatic heterocycles. The topological polar surface area (TPSA) is 9.72 Å². The van der Waals surface area contributed by atoms with Crippen LogP contribution in [0.1, 0.15) is 130 Å². The van der Waals surface area contributed by atoms with E-state index in [9.17, 15) is 0 Å². The largest absolute Gasteiger partial charge is 0.335 e. The lowest BCUT2D eigenvalue weighted by molar-refractivity contribution is 0.195. The van der Waals surface area contributed by atoms with Gasteiger partial charge in [-0.2, -0.15) is 0 Å². The van der Waals surface area contributed by atoms with Crippen LogP contribution in [0.25, 0.3) is 31.3 Å². The summed E-state index contributed by atoms with van der Waals surface area (Å²) in [6.45, 7) is 28.8. The van der Waals surface area contributed by atoms with Gasteiger partial charge in [0.25, 0.3) is 6.71 Å². The first-order chi connectivity index (χ1) is 35.2. The van der Waals surface area contributed by atoms with Crippen molar-refractivity contribution in [3.63, 3.8) is 0 Å². The minimum Gasteiger partial charge on any atom is -0.335 e. The molecule has 0 spiro atoms. The number of hydrogen-bond acceptors (Lipinski definition) is 4. The third kappa shape index (κ3) is 6.97. The van der Waals surface area contributed by atoms with Crippen LogP contribution in [0.4, 0.5) is 45.5 Å². The lowest BCUT2D eigenvalue weighted by Gasteiger charge is -2.53. The molecule has 0 bridgehead atoms. The van der Waals surface area contributed by atoms with Gasteiger partial charge in [0.1, 0.15) is 0 Å². The summed E-state index contributed by atoms with van der Waals surface area (Å²) in [6.07, 6.45) is 4.89. The Morgan fingerprint density at radius 3 is 1.89 bits per heavy atom. The highest BCUT2D eigenvalue weighted by Gasteiger charge is 2.61. The van der Waals surface area contributed by atoms with Gasteiger partial charge in [0.15, 0.2) is 0 Å². The van der Waals surface area contributed by atoms with Crippen molar-refractivity contribution in [2.75, 3.05) is 14.7 Å². The zero-order valence-electron chi connectivity index (χ0n) is 45.7. The van der Waals surface area contributed by atoms with Crippen LogP contribution in [0.5, 0.6) is 0 Å². The molecule has 3 aliphatic heterocycles. The highest BCUT2D eigenvalue weighted by atomic mass is 32.1. The molecule has 370 valence electrons. The van der Waals surface area contributed by atoms with Crippen LogP contribution in [0, 0.1) is 6.92 Å². The van der Waals surface area contributed by atoms with Gasteiger partial charge in [0.05, 0.1) is 11.2 Å². The van der Waals surface area contributed by atoms with Crippen LogP contribution < -0.4 is 31.1 Å². The summed E-state index contributed by atoms with van der Waals surface area (Å²) in [6, 6.07) is 61.6. The van der Waals surface area contributed by atoms with Crippen molar-refractivity contribution in [3.8, 4) is 11.1 Å². The number of fused-ring (bicyclic) bond motifs is 10. The minimum absolute atomic E-state index is 0.00884. The molecule has 13 rings (SSSR count). The maximum atomic E-state index is 2.89. The number of hydrogen-bond donors (Lipinski definition) is 0. The van der Waals surface area contributed by atoms with Gasteiger partial charge in [-0.15, -0.1) is 11.3 Å². The van der Waals surface area contributed by atoms with Gasteiger partial charge in [-0.1, -0.05) is 173 Å². The molecule has 1 saturated carbocycles. The molecule has 8 aromatic carbocycles. The average molecular weight is 984 g/mol. The molecule has 0 saturated heterocycles. The van der Waals surface area contributed by atoms with Gasteiger partial charge in [-0.3, -0.25) is 0 Å². The summed E-state index contributed by atoms with van der Waals surface area (Å²) in [5.41, 5.74) is 23.6. The van der Waals surface area contributed by atoms with Crippen LogP contribution in [0.3, 0.4) is 0 Å². The summed E-state index contributed by atoms with van der Waals surface area (Å²) in [4.78, 5) is 8.08. The lowest BCUT2D eigenvalue weighted by atomic mass is 9.33. The molecular weight excluding hydrogens is 914 g/mol. The predicted molar refractivity (Wildman–Crippen MR) is 322 cm³/mol. The van der Waals surface area contributed by atoms with Crippen molar-refractivity contribution in [2.45, 2.75) is 136 Å². The Morgan fingerprint density at radius 1 is 0.514 bits per heavy atom. The molecule has 1 fully saturated rings. The fourth-order valence-corrected chi connectivity index (χ4v) is 14.9. The number of nitrogens with zero attached hydrogens (tertiary/aromatic N) is 3. The molecule has 3 nitrogen and oxygen atoms in total. The molecule has 0 amide bonds. The van der Waals surface area contributed by atoms with Crippen molar-refractivity contribution in [1.82, 2.24) is 0 Å². The van der Waals surface area contributed by atoms with E-state index in [-0.39, 0.29) is 33.9 Å². The van der Waals surface area contributed by atoms with Crippen LogP contribution >= 0.6 is 11.3 Å². The van der Waals surface area contributed by atoms with E-state index in [0.717, 1.165) is 17.1 Å². The van der Waals surface area contributed by atoms with E-state index in [1.54, 1.807) is 5.56 Å². The number of benzene rings is 8. The standard InChI is InChI=1S/C69H70BN3S/c1-43-36-59-63-60(37-43)73-64-54(68(11)34-18-19-35-69(68,73)12)39-47(67(8,9)10)40-56(64)70(63)55-32-30-49(41-58(55)72(59)57-33-26-46(66(5,6)7)38-53(57)44-20-14-13-15-21-44)71(48-27-24-45(25-28-48)65(2,3)4)50-29-31-52-51-22-16-17-23-61(51)74-62(52)42-50/h13-17,20-33,36-42H,18-19,34-35H2,1-12H3. The Labute approximate surface area is 445 Å². The number of rotatable bonds is 5. The summed E-state index contributed by atoms with van der Waals surface area (Å²) in [7, 11) is 0. The fourth-order valence-electron chi connectivity index (χ4n) is 13.7. The number of anilines is 8. The maximum absolute atomic E-state index is 2.89. The van der Waals surface area contributed by atoms with Crippen molar-refractivity contribution in [1.29, 1.82) is 0 Å². The Kier molecular flexibility index (Phi) is 10.3. The van der Waals surface area contributed by atoms with Crippen LogP contribution in [0.15, 0.2) is 158 Å². The van der Waals surface area contributed by atoms with E-state index in [1.165, 1.54) is 124 Å². The fraction of sp³-hybridized carbons (Fsp3) is 0.304. The van der Waals surface area contributed by atoms with E-state index in [4.69, 9.17) is 0 Å². The Morgan fingerprint density at radius 2 is 1.15 bits per heavy atom. The molecule has 4 heterocycles. The van der Waals surface area contributed by atoms with Gasteiger partial charge in [-0.25, -0.2) is 0 Å². The molecule has 0 N–H and O–H groups in total. The van der Waals surface area contributed by atoms with Crippen LogP contribution in [0.2, 0.25) is 0 Å². The van der Waals surface area contributed by atoms with E-state index in [1.807, 2.05) is 11.3 Å². The molecule has 4 aliphatic rings. The van der Waals surface area contributed by atoms with Gasteiger partial charge in [-0.05, 0) is 159 Å². The first-order valence-corrected chi connectivity index (χ1v) is 28.1. The Balaban J connectivity index is 1.13. The molecule has 5 heteroatoms. The highest BCUT2D eigenvalue weighted by molar-refractivity contribution is 7.25. The first-order valence-electron chi connectivity index (χ1n) is 27.3. The van der Waals surface area contributed by atoms with E-state index < -0.39 is 0 Å². The third-order valence-electron chi connectivity index (χ3n) is 18.1. The SMILES string of the molecule is Cc1cc2c3c(c1)N1c4c(cc(C(C)(C)C)cc4C4(C)CCCCC14C)B3c1ccc(N(c3ccc(C(C)(C)C)cc3)c3ccc4c(c3)sc3ccccc34)cc1N2c1ccc(C(C)(C)C)cc1-c1ccccc1. The second-order valence-electron chi connectivity index (χ2n) is 25.8. The second kappa shape index (κ2) is 16.2. The molecule has 74 heavy (non-hydrogen) atoms. The zero-order chi connectivity index (χ0) is 51.4. The molecule has 0 radical (unpaired) electrons. The average Bonchev–Trinajstić information content (AvgIpc) is 3.99. The lowest BCUT2D eigenvalue weighted by Crippen LogP contribution is -2.64. The van der Waals surface area contributed by atoms with Crippen LogP contribution in [-0.2, 0) is 21.7 Å². The summed E-state index contributed by atoms with van der Waals surface area (Å²) in [5, 5.41) is 2.63. The highest BCUT2D eigenvalue weighted by Crippen LogP contribution is 2.62. The van der Waals surface area contributed by atoms with Crippen molar-refractivity contribution in [3.05, 3.63) is 186 Å². The summed E-state index contributed by atoms with van der Waals surface area (Å²) in [5.74, 6) is 0. The number of thiophene rings is 1. The monoisotopic (exact) mass is 984 g/mol. The van der Waals surface area contributed by atoms with Gasteiger partial charge < -0.3 is 14.7 Å². The zero-order valence-corrected chi connectivity index (χ0v) is 46.5. The Bertz CT molecular complexity index is 3750. The van der Waals surface area contributed by atoms with Crippen molar-refractivity contribution in [2.24, 2.45) is 0 Å². The third-order valence-corrected chi connectivity index (χ3v) is 19.2. The Hall–Kier alpha value is -6.56.